The first-order valence-corrected chi connectivity index (χ1v) is 8.65. The fourth-order valence-electron chi connectivity index (χ4n) is 2.46. The SMILES string of the molecule is CCN(c1ccccc1)c1ncnc(Oc2ccc(Br)cc2)c1[N+](=O)[O-]. The molecule has 0 N–H and O–H groups in total. The van der Waals surface area contributed by atoms with E-state index >= 15 is 0 Å². The van der Waals surface area contributed by atoms with Gasteiger partial charge >= 0.3 is 11.6 Å². The second-order valence-corrected chi connectivity index (χ2v) is 6.16. The fourth-order valence-corrected chi connectivity index (χ4v) is 2.73. The van der Waals surface area contributed by atoms with Gasteiger partial charge in [-0.15, -0.1) is 0 Å². The lowest BCUT2D eigenvalue weighted by Gasteiger charge is -2.21. The van der Waals surface area contributed by atoms with Crippen LogP contribution in [0.3, 0.4) is 0 Å². The third-order valence-electron chi connectivity index (χ3n) is 3.62. The fraction of sp³-hybridized carbons (Fsp3) is 0.111. The lowest BCUT2D eigenvalue weighted by Crippen LogP contribution is -2.19. The van der Waals surface area contributed by atoms with Crippen molar-refractivity contribution in [2.45, 2.75) is 6.92 Å². The maximum Gasteiger partial charge on any atom is 0.373 e. The average Bonchev–Trinajstić information content (AvgIpc) is 2.65. The van der Waals surface area contributed by atoms with Gasteiger partial charge in [0, 0.05) is 16.7 Å². The molecule has 0 atom stereocenters. The largest absolute Gasteiger partial charge is 0.434 e. The minimum atomic E-state index is -0.519. The molecule has 0 fully saturated rings. The summed E-state index contributed by atoms with van der Waals surface area (Å²) in [5, 5.41) is 11.7. The highest BCUT2D eigenvalue weighted by molar-refractivity contribution is 9.10. The number of nitrogens with zero attached hydrogens (tertiary/aromatic N) is 4. The summed E-state index contributed by atoms with van der Waals surface area (Å²) in [4.78, 5) is 21.1. The minimum absolute atomic E-state index is 0.100. The summed E-state index contributed by atoms with van der Waals surface area (Å²) in [7, 11) is 0. The van der Waals surface area contributed by atoms with E-state index in [0.29, 0.717) is 12.3 Å². The quantitative estimate of drug-likeness (QED) is 0.412. The van der Waals surface area contributed by atoms with Gasteiger partial charge in [-0.2, -0.15) is 4.98 Å². The maximum absolute atomic E-state index is 11.7. The molecule has 3 rings (SSSR count). The van der Waals surface area contributed by atoms with Crippen LogP contribution in [-0.4, -0.2) is 21.4 Å². The second-order valence-electron chi connectivity index (χ2n) is 5.24. The van der Waals surface area contributed by atoms with Crippen LogP contribution in [0, 0.1) is 10.1 Å². The van der Waals surface area contributed by atoms with Gasteiger partial charge in [0.05, 0.1) is 4.92 Å². The highest BCUT2D eigenvalue weighted by atomic mass is 79.9. The summed E-state index contributed by atoms with van der Waals surface area (Å²) in [6.45, 7) is 2.40. The molecule has 1 heterocycles. The third-order valence-corrected chi connectivity index (χ3v) is 4.15. The van der Waals surface area contributed by atoms with Gasteiger partial charge in [0.2, 0.25) is 5.82 Å². The molecule has 0 spiro atoms. The van der Waals surface area contributed by atoms with Gasteiger partial charge in [0.25, 0.3) is 0 Å². The molecule has 3 aromatic rings. The summed E-state index contributed by atoms with van der Waals surface area (Å²) in [5.74, 6) is 0.534. The van der Waals surface area contributed by atoms with Crippen molar-refractivity contribution in [3.05, 3.63) is 75.5 Å². The van der Waals surface area contributed by atoms with Gasteiger partial charge < -0.3 is 9.64 Å². The molecule has 0 radical (unpaired) electrons. The Hall–Kier alpha value is -3.00. The Bertz CT molecular complexity index is 904. The van der Waals surface area contributed by atoms with Gasteiger partial charge in [0.15, 0.2) is 0 Å². The topological polar surface area (TPSA) is 81.4 Å². The van der Waals surface area contributed by atoms with Gasteiger partial charge in [-0.05, 0) is 43.3 Å². The van der Waals surface area contributed by atoms with Crippen molar-refractivity contribution in [3.8, 4) is 11.6 Å². The zero-order chi connectivity index (χ0) is 18.5. The van der Waals surface area contributed by atoms with Crippen molar-refractivity contribution in [1.82, 2.24) is 9.97 Å². The molecule has 8 heteroatoms. The van der Waals surface area contributed by atoms with E-state index in [1.807, 2.05) is 37.3 Å². The van der Waals surface area contributed by atoms with Crippen molar-refractivity contribution >= 4 is 33.1 Å². The molecular formula is C18H15BrN4O3. The molecule has 7 nitrogen and oxygen atoms in total. The van der Waals surface area contributed by atoms with Crippen molar-refractivity contribution < 1.29 is 9.66 Å². The number of para-hydroxylation sites is 1. The maximum atomic E-state index is 11.7. The lowest BCUT2D eigenvalue weighted by atomic mass is 10.2. The van der Waals surface area contributed by atoms with Gasteiger partial charge in [-0.3, -0.25) is 10.1 Å². The molecular weight excluding hydrogens is 400 g/mol. The molecule has 26 heavy (non-hydrogen) atoms. The van der Waals surface area contributed by atoms with Gasteiger partial charge in [-0.25, -0.2) is 4.98 Å². The van der Waals surface area contributed by atoms with Crippen LogP contribution in [0.25, 0.3) is 0 Å². The lowest BCUT2D eigenvalue weighted by molar-refractivity contribution is -0.385. The Morgan fingerprint density at radius 3 is 2.42 bits per heavy atom. The van der Waals surface area contributed by atoms with E-state index in [2.05, 4.69) is 25.9 Å². The zero-order valence-electron chi connectivity index (χ0n) is 13.9. The number of nitro groups is 1. The summed E-state index contributed by atoms with van der Waals surface area (Å²) < 4.78 is 6.54. The summed E-state index contributed by atoms with van der Waals surface area (Å²) in [6, 6.07) is 16.3. The molecule has 1 aromatic heterocycles. The van der Waals surface area contributed by atoms with Crippen LogP contribution in [0.5, 0.6) is 11.6 Å². The van der Waals surface area contributed by atoms with Crippen molar-refractivity contribution in [1.29, 1.82) is 0 Å². The van der Waals surface area contributed by atoms with E-state index in [9.17, 15) is 10.1 Å². The number of rotatable bonds is 6. The van der Waals surface area contributed by atoms with Gasteiger partial charge in [-0.1, -0.05) is 34.1 Å². The van der Waals surface area contributed by atoms with Crippen LogP contribution in [0.4, 0.5) is 17.2 Å². The van der Waals surface area contributed by atoms with Crippen molar-refractivity contribution in [2.24, 2.45) is 0 Å². The molecule has 0 aliphatic heterocycles. The van der Waals surface area contributed by atoms with Crippen LogP contribution in [-0.2, 0) is 0 Å². The third kappa shape index (κ3) is 3.80. The number of hydrogen-bond donors (Lipinski definition) is 0. The Morgan fingerprint density at radius 1 is 1.12 bits per heavy atom. The number of anilines is 2. The first-order chi connectivity index (χ1) is 12.6. The minimum Gasteiger partial charge on any atom is -0.434 e. The number of hydrogen-bond acceptors (Lipinski definition) is 6. The molecule has 132 valence electrons. The van der Waals surface area contributed by atoms with E-state index in [0.717, 1.165) is 10.2 Å². The molecule has 0 bridgehead atoms. The highest BCUT2D eigenvalue weighted by Crippen LogP contribution is 2.38. The van der Waals surface area contributed by atoms with Crippen molar-refractivity contribution in [2.75, 3.05) is 11.4 Å². The Labute approximate surface area is 158 Å². The number of ether oxygens (including phenoxy) is 1. The first kappa shape index (κ1) is 17.8. The van der Waals surface area contributed by atoms with Crippen LogP contribution >= 0.6 is 15.9 Å². The monoisotopic (exact) mass is 414 g/mol. The van der Waals surface area contributed by atoms with E-state index in [1.165, 1.54) is 6.33 Å². The highest BCUT2D eigenvalue weighted by Gasteiger charge is 2.29. The Kier molecular flexibility index (Phi) is 5.43. The second kappa shape index (κ2) is 7.92. The van der Waals surface area contributed by atoms with Crippen LogP contribution in [0.15, 0.2) is 65.4 Å². The predicted octanol–water partition coefficient (Wildman–Crippen LogP) is 5.10. The zero-order valence-corrected chi connectivity index (χ0v) is 15.5. The molecule has 0 amide bonds. The average molecular weight is 415 g/mol. The summed E-state index contributed by atoms with van der Waals surface area (Å²) in [5.41, 5.74) is 0.521. The standard InChI is InChI=1S/C18H15BrN4O3/c1-2-22(14-6-4-3-5-7-14)17-16(23(24)25)18(21-12-20-17)26-15-10-8-13(19)9-11-15/h3-12H,2H2,1H3. The Morgan fingerprint density at radius 2 is 1.81 bits per heavy atom. The molecule has 0 aliphatic carbocycles. The van der Waals surface area contributed by atoms with Gasteiger partial charge in [0.1, 0.15) is 12.1 Å². The van der Waals surface area contributed by atoms with E-state index in [-0.39, 0.29) is 17.4 Å². The summed E-state index contributed by atoms with van der Waals surface area (Å²) >= 11 is 3.34. The number of aromatic nitrogens is 2. The van der Waals surface area contributed by atoms with E-state index < -0.39 is 4.92 Å². The summed E-state index contributed by atoms with van der Waals surface area (Å²) in [6.07, 6.45) is 1.27. The van der Waals surface area contributed by atoms with Crippen LogP contribution < -0.4 is 9.64 Å². The molecule has 0 saturated carbocycles. The smallest absolute Gasteiger partial charge is 0.373 e. The van der Waals surface area contributed by atoms with Crippen molar-refractivity contribution in [3.63, 3.8) is 0 Å². The van der Waals surface area contributed by atoms with Crippen LogP contribution in [0.1, 0.15) is 6.92 Å². The molecule has 0 saturated heterocycles. The first-order valence-electron chi connectivity index (χ1n) is 7.85. The Balaban J connectivity index is 2.06. The van der Waals surface area contributed by atoms with E-state index in [4.69, 9.17) is 4.74 Å². The van der Waals surface area contributed by atoms with E-state index in [1.54, 1.807) is 29.2 Å². The number of benzene rings is 2. The molecule has 0 unspecified atom stereocenters. The van der Waals surface area contributed by atoms with Crippen LogP contribution in [0.2, 0.25) is 0 Å². The predicted molar refractivity (Wildman–Crippen MR) is 102 cm³/mol. The molecule has 0 aliphatic rings. The number of halogens is 1. The molecule has 2 aromatic carbocycles. The normalized spacial score (nSPS) is 10.4.